The van der Waals surface area contributed by atoms with Crippen molar-refractivity contribution in [2.24, 2.45) is 0 Å². The van der Waals surface area contributed by atoms with Crippen molar-refractivity contribution < 1.29 is 23.1 Å². The number of thiophene rings is 1. The van der Waals surface area contributed by atoms with E-state index < -0.39 is 16.0 Å². The van der Waals surface area contributed by atoms with Gasteiger partial charge in [0.25, 0.3) is 0 Å². The molecule has 0 saturated carbocycles. The van der Waals surface area contributed by atoms with E-state index >= 15 is 0 Å². The molecule has 2 unspecified atom stereocenters. The van der Waals surface area contributed by atoms with E-state index in [9.17, 15) is 13.2 Å². The first kappa shape index (κ1) is 14.4. The number of ether oxygens (including phenoxy) is 1. The van der Waals surface area contributed by atoms with Crippen molar-refractivity contribution in [3.63, 3.8) is 0 Å². The molecule has 2 rings (SSSR count). The molecule has 1 aliphatic rings. The zero-order valence-corrected chi connectivity index (χ0v) is 12.0. The molecule has 6 nitrogen and oxygen atoms in total. The van der Waals surface area contributed by atoms with E-state index in [-0.39, 0.29) is 21.9 Å². The number of rotatable bonds is 4. The fourth-order valence-electron chi connectivity index (χ4n) is 1.96. The summed E-state index contributed by atoms with van der Waals surface area (Å²) in [6.45, 7) is 2.42. The third-order valence-electron chi connectivity index (χ3n) is 2.90. The Labute approximate surface area is 115 Å². The average molecular weight is 305 g/mol. The third-order valence-corrected chi connectivity index (χ3v) is 5.47. The molecule has 1 aliphatic heterocycles. The standard InChI is InChI=1S/C11H15NO5S2/c1-7-4-8(2-3-17-7)12-19(15,16)9-5-10(11(13)14)18-6-9/h5-8,12H,2-4H2,1H3,(H,13,14). The molecule has 0 bridgehead atoms. The van der Waals surface area contributed by atoms with Gasteiger partial charge in [-0.1, -0.05) is 0 Å². The summed E-state index contributed by atoms with van der Waals surface area (Å²) < 4.78 is 32.2. The lowest BCUT2D eigenvalue weighted by Crippen LogP contribution is -2.41. The molecule has 1 aromatic rings. The predicted octanol–water partition coefficient (Wildman–Crippen LogP) is 1.29. The normalized spacial score (nSPS) is 24.3. The second-order valence-electron chi connectivity index (χ2n) is 4.48. The van der Waals surface area contributed by atoms with Gasteiger partial charge in [0.15, 0.2) is 0 Å². The fraction of sp³-hybridized carbons (Fsp3) is 0.545. The van der Waals surface area contributed by atoms with Gasteiger partial charge in [-0.05, 0) is 25.8 Å². The van der Waals surface area contributed by atoms with Gasteiger partial charge in [-0.15, -0.1) is 11.3 Å². The molecule has 2 heterocycles. The number of aromatic carboxylic acids is 1. The van der Waals surface area contributed by atoms with Gasteiger partial charge in [-0.3, -0.25) is 0 Å². The first-order chi connectivity index (χ1) is 8.88. The van der Waals surface area contributed by atoms with Crippen LogP contribution in [-0.2, 0) is 14.8 Å². The Kier molecular flexibility index (Phi) is 4.24. The third kappa shape index (κ3) is 3.53. The molecule has 8 heteroatoms. The van der Waals surface area contributed by atoms with Crippen LogP contribution in [0.3, 0.4) is 0 Å². The van der Waals surface area contributed by atoms with Crippen molar-refractivity contribution in [3.05, 3.63) is 16.3 Å². The van der Waals surface area contributed by atoms with Crippen molar-refractivity contribution in [1.82, 2.24) is 4.72 Å². The molecular weight excluding hydrogens is 290 g/mol. The number of carboxylic acid groups (broad SMARTS) is 1. The molecule has 0 radical (unpaired) electrons. The van der Waals surface area contributed by atoms with Gasteiger partial charge in [0, 0.05) is 18.0 Å². The molecule has 19 heavy (non-hydrogen) atoms. The van der Waals surface area contributed by atoms with Crippen molar-refractivity contribution in [1.29, 1.82) is 0 Å². The highest BCUT2D eigenvalue weighted by Gasteiger charge is 2.26. The van der Waals surface area contributed by atoms with Gasteiger partial charge in [-0.2, -0.15) is 0 Å². The minimum atomic E-state index is -3.65. The van der Waals surface area contributed by atoms with Crippen LogP contribution < -0.4 is 4.72 Å². The zero-order chi connectivity index (χ0) is 14.0. The number of sulfonamides is 1. The second kappa shape index (κ2) is 5.58. The first-order valence-electron chi connectivity index (χ1n) is 5.84. The Hall–Kier alpha value is -0.960. The molecule has 1 fully saturated rings. The van der Waals surface area contributed by atoms with Crippen LogP contribution in [0.1, 0.15) is 29.4 Å². The molecule has 0 aromatic carbocycles. The van der Waals surface area contributed by atoms with E-state index in [0.29, 0.717) is 19.4 Å². The Morgan fingerprint density at radius 2 is 2.32 bits per heavy atom. The molecule has 0 amide bonds. The summed E-state index contributed by atoms with van der Waals surface area (Å²) in [4.78, 5) is 10.8. The maximum atomic E-state index is 12.1. The number of hydrogen-bond donors (Lipinski definition) is 2. The Morgan fingerprint density at radius 1 is 1.58 bits per heavy atom. The van der Waals surface area contributed by atoms with E-state index in [2.05, 4.69) is 4.72 Å². The summed E-state index contributed by atoms with van der Waals surface area (Å²) >= 11 is 0.904. The summed E-state index contributed by atoms with van der Waals surface area (Å²) in [7, 11) is -3.65. The summed E-state index contributed by atoms with van der Waals surface area (Å²) in [6.07, 6.45) is 1.27. The van der Waals surface area contributed by atoms with Crippen LogP contribution in [-0.4, -0.2) is 38.2 Å². The van der Waals surface area contributed by atoms with Gasteiger partial charge in [0.2, 0.25) is 10.0 Å². The highest BCUT2D eigenvalue weighted by Crippen LogP contribution is 2.21. The lowest BCUT2D eigenvalue weighted by molar-refractivity contribution is 0.0173. The quantitative estimate of drug-likeness (QED) is 0.874. The monoisotopic (exact) mass is 305 g/mol. The Bertz CT molecular complexity index is 565. The van der Waals surface area contributed by atoms with Crippen LogP contribution >= 0.6 is 11.3 Å². The highest BCUT2D eigenvalue weighted by atomic mass is 32.2. The fourth-order valence-corrected chi connectivity index (χ4v) is 4.36. The topological polar surface area (TPSA) is 92.7 Å². The number of hydrogen-bond acceptors (Lipinski definition) is 5. The first-order valence-corrected chi connectivity index (χ1v) is 8.20. The van der Waals surface area contributed by atoms with Crippen molar-refractivity contribution in [2.45, 2.75) is 36.8 Å². The smallest absolute Gasteiger partial charge is 0.345 e. The van der Waals surface area contributed by atoms with Gasteiger partial charge >= 0.3 is 5.97 Å². The SMILES string of the molecule is CC1CC(NS(=O)(=O)c2csc(C(=O)O)c2)CCO1. The molecule has 2 atom stereocenters. The van der Waals surface area contributed by atoms with Crippen molar-refractivity contribution >= 4 is 27.3 Å². The minimum Gasteiger partial charge on any atom is -0.477 e. The van der Waals surface area contributed by atoms with E-state index in [0.717, 1.165) is 11.3 Å². The zero-order valence-electron chi connectivity index (χ0n) is 10.3. The van der Waals surface area contributed by atoms with Gasteiger partial charge in [0.05, 0.1) is 11.0 Å². The molecule has 1 aromatic heterocycles. The van der Waals surface area contributed by atoms with Gasteiger partial charge < -0.3 is 9.84 Å². The number of carbonyl (C=O) groups is 1. The summed E-state index contributed by atoms with van der Waals surface area (Å²) in [6, 6.07) is 1.01. The van der Waals surface area contributed by atoms with Crippen LogP contribution in [0, 0.1) is 0 Å². The molecule has 0 spiro atoms. The Morgan fingerprint density at radius 3 is 2.89 bits per heavy atom. The minimum absolute atomic E-state index is 0.00837. The highest BCUT2D eigenvalue weighted by molar-refractivity contribution is 7.89. The van der Waals surface area contributed by atoms with Crippen molar-refractivity contribution in [3.8, 4) is 0 Å². The van der Waals surface area contributed by atoms with E-state index in [1.54, 1.807) is 0 Å². The molecular formula is C11H15NO5S2. The van der Waals surface area contributed by atoms with Gasteiger partial charge in [-0.25, -0.2) is 17.9 Å². The largest absolute Gasteiger partial charge is 0.477 e. The summed E-state index contributed by atoms with van der Waals surface area (Å²) in [5, 5.41) is 10.1. The molecule has 106 valence electrons. The lowest BCUT2D eigenvalue weighted by Gasteiger charge is -2.27. The average Bonchev–Trinajstić information content (AvgIpc) is 2.78. The number of nitrogens with one attached hydrogen (secondary N) is 1. The van der Waals surface area contributed by atoms with Crippen LogP contribution in [0.2, 0.25) is 0 Å². The predicted molar refractivity (Wildman–Crippen MR) is 70.0 cm³/mol. The molecule has 0 aliphatic carbocycles. The van der Waals surface area contributed by atoms with Crippen LogP contribution in [0.15, 0.2) is 16.3 Å². The van der Waals surface area contributed by atoms with Crippen LogP contribution in [0.5, 0.6) is 0 Å². The summed E-state index contributed by atoms with van der Waals surface area (Å²) in [5.74, 6) is -1.12. The van der Waals surface area contributed by atoms with Crippen LogP contribution in [0.25, 0.3) is 0 Å². The lowest BCUT2D eigenvalue weighted by atomic mass is 10.1. The maximum absolute atomic E-state index is 12.1. The van der Waals surface area contributed by atoms with E-state index in [1.807, 2.05) is 6.92 Å². The van der Waals surface area contributed by atoms with E-state index in [1.165, 1.54) is 11.4 Å². The number of carboxylic acids is 1. The van der Waals surface area contributed by atoms with Crippen molar-refractivity contribution in [2.75, 3.05) is 6.61 Å². The summed E-state index contributed by atoms with van der Waals surface area (Å²) in [5.41, 5.74) is 0. The molecule has 2 N–H and O–H groups in total. The maximum Gasteiger partial charge on any atom is 0.345 e. The van der Waals surface area contributed by atoms with Gasteiger partial charge in [0.1, 0.15) is 4.88 Å². The second-order valence-corrected chi connectivity index (χ2v) is 7.10. The van der Waals surface area contributed by atoms with Crippen LogP contribution in [0.4, 0.5) is 0 Å². The Balaban J connectivity index is 2.10. The molecule has 1 saturated heterocycles. The van der Waals surface area contributed by atoms with E-state index in [4.69, 9.17) is 9.84 Å².